The Hall–Kier alpha value is -3.39. The second kappa shape index (κ2) is 9.82. The molecule has 0 amide bonds. The molecule has 8 heteroatoms. The first kappa shape index (κ1) is 24.0. The smallest absolute Gasteiger partial charge is 0.229 e. The van der Waals surface area contributed by atoms with Crippen LogP contribution in [0.2, 0.25) is 0 Å². The van der Waals surface area contributed by atoms with Gasteiger partial charge in [-0.1, -0.05) is 6.42 Å². The molecular weight excluding hydrogens is 464 g/mol. The minimum atomic E-state index is 0.225. The number of hydrogen-bond acceptors (Lipinski definition) is 8. The van der Waals surface area contributed by atoms with Crippen LogP contribution in [-0.2, 0) is 12.8 Å². The van der Waals surface area contributed by atoms with Gasteiger partial charge in [0.05, 0.1) is 19.0 Å². The highest BCUT2D eigenvalue weighted by Gasteiger charge is 2.40. The number of fused-ring (bicyclic) bond motifs is 1. The molecule has 1 aromatic carbocycles. The number of hydrogen-bond donors (Lipinski definition) is 2. The molecule has 3 aliphatic carbocycles. The lowest BCUT2D eigenvalue weighted by molar-refractivity contribution is 0.0383. The second-order valence-corrected chi connectivity index (χ2v) is 11.1. The fraction of sp³-hybridized carbons (Fsp3) is 0.483. The summed E-state index contributed by atoms with van der Waals surface area (Å²) in [5.74, 6) is 2.68. The molecule has 2 saturated carbocycles. The van der Waals surface area contributed by atoms with E-state index in [1.165, 1.54) is 36.9 Å². The van der Waals surface area contributed by atoms with Crippen molar-refractivity contribution in [3.63, 3.8) is 0 Å². The molecule has 0 bridgehead atoms. The van der Waals surface area contributed by atoms with E-state index in [2.05, 4.69) is 45.7 Å². The van der Waals surface area contributed by atoms with Gasteiger partial charge in [0.2, 0.25) is 5.95 Å². The summed E-state index contributed by atoms with van der Waals surface area (Å²) >= 11 is 0. The minimum absolute atomic E-state index is 0.225. The third-order valence-corrected chi connectivity index (χ3v) is 8.37. The predicted octanol–water partition coefficient (Wildman–Crippen LogP) is 5.50. The molecule has 2 N–H and O–H groups in total. The molecule has 0 radical (unpaired) electrons. The molecule has 0 saturated heterocycles. The Morgan fingerprint density at radius 3 is 2.59 bits per heavy atom. The second-order valence-electron chi connectivity index (χ2n) is 11.1. The van der Waals surface area contributed by atoms with Gasteiger partial charge in [-0.15, -0.1) is 0 Å². The van der Waals surface area contributed by atoms with Crippen LogP contribution in [0.3, 0.4) is 0 Å². The number of aromatic nitrogens is 3. The number of pyridine rings is 1. The van der Waals surface area contributed by atoms with Gasteiger partial charge in [0.25, 0.3) is 0 Å². The van der Waals surface area contributed by atoms with Gasteiger partial charge in [-0.3, -0.25) is 4.98 Å². The van der Waals surface area contributed by atoms with Crippen LogP contribution in [0.4, 0.5) is 23.1 Å². The third-order valence-electron chi connectivity index (χ3n) is 8.37. The maximum Gasteiger partial charge on any atom is 0.229 e. The maximum atomic E-state index is 6.18. The third kappa shape index (κ3) is 5.07. The topological polar surface area (TPSA) is 84.4 Å². The van der Waals surface area contributed by atoms with Crippen LogP contribution in [0.25, 0.3) is 0 Å². The van der Waals surface area contributed by atoms with Crippen molar-refractivity contribution in [3.8, 4) is 11.5 Å². The Morgan fingerprint density at radius 2 is 1.84 bits per heavy atom. The van der Waals surface area contributed by atoms with E-state index in [9.17, 15) is 0 Å². The van der Waals surface area contributed by atoms with Crippen molar-refractivity contribution < 1.29 is 9.47 Å². The van der Waals surface area contributed by atoms with Crippen LogP contribution >= 0.6 is 0 Å². The van der Waals surface area contributed by atoms with Crippen LogP contribution in [0.5, 0.6) is 11.5 Å². The van der Waals surface area contributed by atoms with Crippen LogP contribution in [0, 0.1) is 5.41 Å². The van der Waals surface area contributed by atoms with Crippen molar-refractivity contribution in [2.24, 2.45) is 5.41 Å². The minimum Gasteiger partial charge on any atom is -0.493 e. The van der Waals surface area contributed by atoms with Crippen molar-refractivity contribution in [3.05, 3.63) is 54.0 Å². The van der Waals surface area contributed by atoms with E-state index in [0.29, 0.717) is 23.2 Å². The number of ether oxygens (including phenoxy) is 2. The molecule has 37 heavy (non-hydrogen) atoms. The van der Waals surface area contributed by atoms with E-state index in [1.807, 2.05) is 30.5 Å². The largest absolute Gasteiger partial charge is 0.493 e. The van der Waals surface area contributed by atoms with Gasteiger partial charge in [0, 0.05) is 29.7 Å². The van der Waals surface area contributed by atoms with E-state index in [1.54, 1.807) is 13.3 Å². The summed E-state index contributed by atoms with van der Waals surface area (Å²) in [5, 5.41) is 6.71. The molecule has 2 fully saturated rings. The first-order valence-electron chi connectivity index (χ1n) is 13.3. The van der Waals surface area contributed by atoms with Crippen molar-refractivity contribution >= 4 is 23.1 Å². The highest BCUT2D eigenvalue weighted by molar-refractivity contribution is 5.62. The highest BCUT2D eigenvalue weighted by atomic mass is 16.5. The summed E-state index contributed by atoms with van der Waals surface area (Å²) in [5.41, 5.74) is 4.98. The quantitative estimate of drug-likeness (QED) is 0.420. The van der Waals surface area contributed by atoms with E-state index in [0.717, 1.165) is 48.6 Å². The lowest BCUT2D eigenvalue weighted by atomic mass is 9.60. The van der Waals surface area contributed by atoms with E-state index >= 15 is 0 Å². The zero-order valence-corrected chi connectivity index (χ0v) is 22.0. The van der Waals surface area contributed by atoms with Crippen molar-refractivity contribution in [1.29, 1.82) is 0 Å². The van der Waals surface area contributed by atoms with E-state index in [4.69, 9.17) is 14.5 Å². The number of anilines is 4. The van der Waals surface area contributed by atoms with Crippen molar-refractivity contribution in [2.75, 3.05) is 31.8 Å². The summed E-state index contributed by atoms with van der Waals surface area (Å²) < 4.78 is 11.8. The lowest BCUT2D eigenvalue weighted by Crippen LogP contribution is -2.46. The van der Waals surface area contributed by atoms with Gasteiger partial charge >= 0.3 is 0 Å². The van der Waals surface area contributed by atoms with Gasteiger partial charge in [-0.05, 0) is 94.3 Å². The van der Waals surface area contributed by atoms with Gasteiger partial charge in [0.15, 0.2) is 11.5 Å². The normalized spacial score (nSPS) is 21.5. The number of methoxy groups -OCH3 is 1. The number of rotatable bonds is 8. The van der Waals surface area contributed by atoms with Gasteiger partial charge in [0.1, 0.15) is 11.9 Å². The molecule has 0 atom stereocenters. The molecule has 3 aliphatic rings. The Balaban J connectivity index is 1.11. The average molecular weight is 501 g/mol. The molecule has 6 rings (SSSR count). The Morgan fingerprint density at radius 1 is 0.973 bits per heavy atom. The highest BCUT2D eigenvalue weighted by Crippen LogP contribution is 2.50. The molecule has 194 valence electrons. The molecule has 1 spiro atoms. The number of benzene rings is 1. The first-order valence-corrected chi connectivity index (χ1v) is 13.3. The summed E-state index contributed by atoms with van der Waals surface area (Å²) in [6.45, 7) is 0. The Labute approximate surface area is 218 Å². The molecule has 3 aromatic rings. The summed E-state index contributed by atoms with van der Waals surface area (Å²) in [7, 11) is 5.89. The fourth-order valence-corrected chi connectivity index (χ4v) is 5.81. The molecule has 2 heterocycles. The van der Waals surface area contributed by atoms with E-state index in [-0.39, 0.29) is 6.10 Å². The monoisotopic (exact) mass is 500 g/mol. The van der Waals surface area contributed by atoms with Crippen LogP contribution in [0.15, 0.2) is 42.7 Å². The maximum absolute atomic E-state index is 6.18. The number of aryl methyl sites for hydroxylation is 1. The summed E-state index contributed by atoms with van der Waals surface area (Å²) in [6.07, 6.45) is 13.6. The number of nitrogens with zero attached hydrogens (tertiary/aromatic N) is 4. The van der Waals surface area contributed by atoms with Crippen LogP contribution in [-0.4, -0.2) is 53.2 Å². The molecule has 2 aromatic heterocycles. The SMILES string of the molecule is COc1cc(Nc2nccc(Nc3cnc4c(c3)CC3(CCC3)CC4)n2)ccc1OC1CC(N(C)C)C1. The van der Waals surface area contributed by atoms with Gasteiger partial charge in [-0.25, -0.2) is 4.98 Å². The van der Waals surface area contributed by atoms with Crippen LogP contribution in [0.1, 0.15) is 49.8 Å². The zero-order chi connectivity index (χ0) is 25.4. The Kier molecular flexibility index (Phi) is 6.36. The number of nitrogens with one attached hydrogen (secondary N) is 2. The Bertz CT molecular complexity index is 1270. The standard InChI is InChI=1S/C29H36N6O2/c1-35(2)22-15-23(16-22)37-25-6-5-20(14-26(25)36-3)33-28-30-12-8-27(34-28)32-21-13-19-17-29(9-4-10-29)11-7-24(19)31-18-21/h5-6,8,12-14,18,22-23H,4,7,9-11,15-17H2,1-3H3,(H2,30,32,33,34). The summed E-state index contributed by atoms with van der Waals surface area (Å²) in [6, 6.07) is 10.5. The predicted molar refractivity (Wildman–Crippen MR) is 145 cm³/mol. The van der Waals surface area contributed by atoms with Crippen LogP contribution < -0.4 is 20.1 Å². The van der Waals surface area contributed by atoms with E-state index < -0.39 is 0 Å². The summed E-state index contributed by atoms with van der Waals surface area (Å²) in [4.78, 5) is 16.1. The first-order chi connectivity index (χ1) is 18.0. The van der Waals surface area contributed by atoms with Gasteiger partial charge < -0.3 is 25.0 Å². The zero-order valence-electron chi connectivity index (χ0n) is 22.0. The molecule has 0 unspecified atom stereocenters. The molecule has 0 aliphatic heterocycles. The lowest BCUT2D eigenvalue weighted by Gasteiger charge is -2.45. The van der Waals surface area contributed by atoms with Crippen molar-refractivity contribution in [1.82, 2.24) is 19.9 Å². The molecule has 8 nitrogen and oxygen atoms in total. The average Bonchev–Trinajstić information content (AvgIpc) is 2.85. The van der Waals surface area contributed by atoms with Crippen molar-refractivity contribution in [2.45, 2.75) is 63.5 Å². The van der Waals surface area contributed by atoms with Gasteiger partial charge in [-0.2, -0.15) is 4.98 Å². The molecular formula is C29H36N6O2. The fourth-order valence-electron chi connectivity index (χ4n) is 5.81.